The largest absolute Gasteiger partial charge is 0.494 e. The van der Waals surface area contributed by atoms with E-state index in [0.717, 1.165) is 11.3 Å². The number of rotatable bonds is 4. The highest BCUT2D eigenvalue weighted by molar-refractivity contribution is 5.52. The summed E-state index contributed by atoms with van der Waals surface area (Å²) in [6, 6.07) is 11.3. The first-order valence-electron chi connectivity index (χ1n) is 6.24. The minimum atomic E-state index is -0.303. The molecular formula is C16H18FNO. The predicted molar refractivity (Wildman–Crippen MR) is 76.2 cm³/mol. The molecule has 0 saturated heterocycles. The smallest absolute Gasteiger partial charge is 0.170 e. The normalized spacial score (nSPS) is 10.3. The van der Waals surface area contributed by atoms with E-state index in [9.17, 15) is 4.39 Å². The van der Waals surface area contributed by atoms with Gasteiger partial charge in [0.1, 0.15) is 0 Å². The molecule has 0 bridgehead atoms. The first-order valence-corrected chi connectivity index (χ1v) is 6.24. The number of aryl methyl sites for hydroxylation is 2. The number of nitrogens with one attached hydrogen (secondary N) is 1. The third-order valence-corrected chi connectivity index (χ3v) is 3.11. The van der Waals surface area contributed by atoms with Crippen LogP contribution in [-0.2, 0) is 6.54 Å². The van der Waals surface area contributed by atoms with Gasteiger partial charge in [0.15, 0.2) is 11.6 Å². The van der Waals surface area contributed by atoms with Crippen LogP contribution < -0.4 is 10.1 Å². The van der Waals surface area contributed by atoms with Crippen molar-refractivity contribution in [2.24, 2.45) is 0 Å². The quantitative estimate of drug-likeness (QED) is 0.894. The van der Waals surface area contributed by atoms with E-state index in [0.29, 0.717) is 12.1 Å². The molecule has 0 heterocycles. The number of ether oxygens (including phenoxy) is 1. The first-order chi connectivity index (χ1) is 9.11. The van der Waals surface area contributed by atoms with Gasteiger partial charge in [0, 0.05) is 17.8 Å². The van der Waals surface area contributed by atoms with Crippen LogP contribution in [0.2, 0.25) is 0 Å². The van der Waals surface area contributed by atoms with Crippen LogP contribution in [0.1, 0.15) is 16.7 Å². The summed E-state index contributed by atoms with van der Waals surface area (Å²) in [5.41, 5.74) is 3.99. The second kappa shape index (κ2) is 5.74. The van der Waals surface area contributed by atoms with Crippen molar-refractivity contribution in [1.29, 1.82) is 0 Å². The second-order valence-electron chi connectivity index (χ2n) is 4.61. The predicted octanol–water partition coefficient (Wildman–Crippen LogP) is 4.06. The Hall–Kier alpha value is -2.03. The van der Waals surface area contributed by atoms with Crippen molar-refractivity contribution < 1.29 is 9.13 Å². The summed E-state index contributed by atoms with van der Waals surface area (Å²) < 4.78 is 18.9. The molecule has 0 amide bonds. The Morgan fingerprint density at radius 2 is 1.95 bits per heavy atom. The molecule has 0 aliphatic carbocycles. The third kappa shape index (κ3) is 3.05. The molecule has 19 heavy (non-hydrogen) atoms. The summed E-state index contributed by atoms with van der Waals surface area (Å²) in [4.78, 5) is 0. The van der Waals surface area contributed by atoms with Gasteiger partial charge in [0.2, 0.25) is 0 Å². The fraction of sp³-hybridized carbons (Fsp3) is 0.250. The number of hydrogen-bond acceptors (Lipinski definition) is 2. The zero-order valence-corrected chi connectivity index (χ0v) is 11.5. The Morgan fingerprint density at radius 3 is 2.63 bits per heavy atom. The zero-order valence-electron chi connectivity index (χ0n) is 11.5. The van der Waals surface area contributed by atoms with E-state index in [1.807, 2.05) is 19.1 Å². The average Bonchev–Trinajstić information content (AvgIpc) is 2.39. The van der Waals surface area contributed by atoms with Crippen LogP contribution in [0.15, 0.2) is 36.4 Å². The van der Waals surface area contributed by atoms with Crippen molar-refractivity contribution in [3.63, 3.8) is 0 Å². The molecule has 0 radical (unpaired) electrons. The van der Waals surface area contributed by atoms with Gasteiger partial charge in [0.05, 0.1) is 7.11 Å². The molecule has 1 N–H and O–H groups in total. The van der Waals surface area contributed by atoms with Gasteiger partial charge in [-0.25, -0.2) is 4.39 Å². The minimum Gasteiger partial charge on any atom is -0.494 e. The lowest BCUT2D eigenvalue weighted by atomic mass is 10.1. The fourth-order valence-electron chi connectivity index (χ4n) is 2.05. The standard InChI is InChI=1S/C16H18FNO/c1-11-7-8-14(12(2)9-11)18-10-13-5-4-6-15(19-3)16(13)17/h4-9,18H,10H2,1-3H3. The van der Waals surface area contributed by atoms with Gasteiger partial charge >= 0.3 is 0 Å². The van der Waals surface area contributed by atoms with Crippen molar-refractivity contribution in [3.05, 3.63) is 58.9 Å². The lowest BCUT2D eigenvalue weighted by molar-refractivity contribution is 0.384. The van der Waals surface area contributed by atoms with Gasteiger partial charge in [-0.15, -0.1) is 0 Å². The number of hydrogen-bond donors (Lipinski definition) is 1. The van der Waals surface area contributed by atoms with Crippen LogP contribution in [0.5, 0.6) is 5.75 Å². The number of anilines is 1. The molecule has 3 heteroatoms. The molecule has 0 spiro atoms. The van der Waals surface area contributed by atoms with Crippen LogP contribution in [0.3, 0.4) is 0 Å². The van der Waals surface area contributed by atoms with Gasteiger partial charge < -0.3 is 10.1 Å². The summed E-state index contributed by atoms with van der Waals surface area (Å²) >= 11 is 0. The van der Waals surface area contributed by atoms with E-state index in [1.54, 1.807) is 18.2 Å². The first kappa shape index (κ1) is 13.4. The van der Waals surface area contributed by atoms with Crippen LogP contribution in [-0.4, -0.2) is 7.11 Å². The number of methoxy groups -OCH3 is 1. The molecule has 100 valence electrons. The van der Waals surface area contributed by atoms with Gasteiger partial charge in [-0.1, -0.05) is 29.8 Å². The maximum Gasteiger partial charge on any atom is 0.170 e. The topological polar surface area (TPSA) is 21.3 Å². The molecular weight excluding hydrogens is 241 g/mol. The second-order valence-corrected chi connectivity index (χ2v) is 4.61. The van der Waals surface area contributed by atoms with Gasteiger partial charge in [-0.05, 0) is 31.5 Å². The molecule has 0 atom stereocenters. The van der Waals surface area contributed by atoms with E-state index in [4.69, 9.17) is 4.74 Å². The summed E-state index contributed by atoms with van der Waals surface area (Å²) in [5.74, 6) is -0.0257. The maximum atomic E-state index is 14.0. The molecule has 0 fully saturated rings. The lowest BCUT2D eigenvalue weighted by Crippen LogP contribution is -2.04. The van der Waals surface area contributed by atoms with Crippen molar-refractivity contribution >= 4 is 5.69 Å². The highest BCUT2D eigenvalue weighted by Gasteiger charge is 2.08. The molecule has 0 saturated carbocycles. The summed E-state index contributed by atoms with van der Waals surface area (Å²) in [6.07, 6.45) is 0. The van der Waals surface area contributed by atoms with Gasteiger partial charge in [-0.3, -0.25) is 0 Å². The fourth-order valence-corrected chi connectivity index (χ4v) is 2.05. The molecule has 0 aliphatic heterocycles. The van der Waals surface area contributed by atoms with E-state index in [1.165, 1.54) is 12.7 Å². The summed E-state index contributed by atoms with van der Waals surface area (Å²) in [7, 11) is 1.47. The van der Waals surface area contributed by atoms with Crippen molar-refractivity contribution in [2.75, 3.05) is 12.4 Å². The summed E-state index contributed by atoms with van der Waals surface area (Å²) in [6.45, 7) is 4.53. The van der Waals surface area contributed by atoms with Crippen molar-refractivity contribution in [2.45, 2.75) is 20.4 Å². The summed E-state index contributed by atoms with van der Waals surface area (Å²) in [5, 5.41) is 3.25. The SMILES string of the molecule is COc1cccc(CNc2ccc(C)cc2C)c1F. The molecule has 0 aromatic heterocycles. The Kier molecular flexibility index (Phi) is 4.05. The van der Waals surface area contributed by atoms with Crippen LogP contribution >= 0.6 is 0 Å². The Labute approximate surface area is 113 Å². The zero-order chi connectivity index (χ0) is 13.8. The third-order valence-electron chi connectivity index (χ3n) is 3.11. The van der Waals surface area contributed by atoms with E-state index in [-0.39, 0.29) is 11.6 Å². The van der Waals surface area contributed by atoms with Crippen molar-refractivity contribution in [3.8, 4) is 5.75 Å². The highest BCUT2D eigenvalue weighted by atomic mass is 19.1. The molecule has 0 unspecified atom stereocenters. The van der Waals surface area contributed by atoms with Gasteiger partial charge in [0.25, 0.3) is 0 Å². The monoisotopic (exact) mass is 259 g/mol. The Balaban J connectivity index is 2.14. The van der Waals surface area contributed by atoms with Crippen molar-refractivity contribution in [1.82, 2.24) is 0 Å². The number of halogens is 1. The molecule has 2 rings (SSSR count). The highest BCUT2D eigenvalue weighted by Crippen LogP contribution is 2.22. The van der Waals surface area contributed by atoms with Crippen LogP contribution in [0, 0.1) is 19.7 Å². The molecule has 2 aromatic carbocycles. The molecule has 2 aromatic rings. The van der Waals surface area contributed by atoms with Gasteiger partial charge in [-0.2, -0.15) is 0 Å². The molecule has 0 aliphatic rings. The number of benzene rings is 2. The Morgan fingerprint density at radius 1 is 1.16 bits per heavy atom. The van der Waals surface area contributed by atoms with Crippen LogP contribution in [0.25, 0.3) is 0 Å². The van der Waals surface area contributed by atoms with E-state index in [2.05, 4.69) is 18.3 Å². The van der Waals surface area contributed by atoms with E-state index >= 15 is 0 Å². The van der Waals surface area contributed by atoms with E-state index < -0.39 is 0 Å². The minimum absolute atomic E-state index is 0.278. The maximum absolute atomic E-state index is 14.0. The molecule has 2 nitrogen and oxygen atoms in total. The lowest BCUT2D eigenvalue weighted by Gasteiger charge is -2.12. The average molecular weight is 259 g/mol. The van der Waals surface area contributed by atoms with Crippen LogP contribution in [0.4, 0.5) is 10.1 Å². The Bertz CT molecular complexity index is 581.